The molecule has 0 bridgehead atoms. The lowest BCUT2D eigenvalue weighted by Gasteiger charge is -2.06. The van der Waals surface area contributed by atoms with Crippen LogP contribution in [-0.2, 0) is 0 Å². The van der Waals surface area contributed by atoms with Crippen molar-refractivity contribution < 1.29 is 0 Å². The largest absolute Gasteiger partial charge is 0.308 e. The van der Waals surface area contributed by atoms with Crippen molar-refractivity contribution in [3.63, 3.8) is 0 Å². The van der Waals surface area contributed by atoms with Gasteiger partial charge in [-0.15, -0.1) is 0 Å². The molecule has 0 aromatic heterocycles. The van der Waals surface area contributed by atoms with Gasteiger partial charge in [0.25, 0.3) is 0 Å². The van der Waals surface area contributed by atoms with Crippen molar-refractivity contribution in [1.29, 1.82) is 0 Å². The molecule has 0 radical (unpaired) electrons. The number of hydrazone groups is 1. The van der Waals surface area contributed by atoms with Gasteiger partial charge in [-0.3, -0.25) is 0 Å². The zero-order valence-electron chi connectivity index (χ0n) is 6.50. The summed E-state index contributed by atoms with van der Waals surface area (Å²) >= 11 is 5.90. The van der Waals surface area contributed by atoms with E-state index in [0.29, 0.717) is 5.17 Å². The molecule has 1 aliphatic heterocycles. The van der Waals surface area contributed by atoms with Gasteiger partial charge in [0, 0.05) is 6.54 Å². The lowest BCUT2D eigenvalue weighted by Crippen LogP contribution is -2.10. The highest BCUT2D eigenvalue weighted by Gasteiger charge is 2.20. The third kappa shape index (κ3) is 1.30. The smallest absolute Gasteiger partial charge is 0.135 e. The van der Waals surface area contributed by atoms with Gasteiger partial charge in [0.2, 0.25) is 0 Å². The topological polar surface area (TPSA) is 24.4 Å². The molecule has 2 rings (SSSR count). The third-order valence-electron chi connectivity index (χ3n) is 1.97. The predicted molar refractivity (Wildman–Crippen MR) is 50.5 cm³/mol. The van der Waals surface area contributed by atoms with Crippen molar-refractivity contribution in [2.45, 2.75) is 5.92 Å². The van der Waals surface area contributed by atoms with Gasteiger partial charge in [0.05, 0.1) is 5.92 Å². The van der Waals surface area contributed by atoms with Crippen molar-refractivity contribution in [2.24, 2.45) is 5.10 Å². The summed E-state index contributed by atoms with van der Waals surface area (Å²) in [6.07, 6.45) is 0. The summed E-state index contributed by atoms with van der Waals surface area (Å²) in [6, 6.07) is 10.2. The summed E-state index contributed by atoms with van der Waals surface area (Å²) in [5.41, 5.74) is 4.10. The molecule has 0 amide bonds. The fourth-order valence-electron chi connectivity index (χ4n) is 1.32. The number of hydrogen-bond acceptors (Lipinski definition) is 2. The fraction of sp³-hybridized carbons (Fsp3) is 0.222. The molecule has 12 heavy (non-hydrogen) atoms. The summed E-state index contributed by atoms with van der Waals surface area (Å²) in [5.74, 6) is 0.243. The Morgan fingerprint density at radius 1 is 1.33 bits per heavy atom. The molecular formula is C9H9ClN2. The van der Waals surface area contributed by atoms with Crippen LogP contribution in [0.15, 0.2) is 35.4 Å². The molecule has 1 heterocycles. The first-order chi connectivity index (χ1) is 5.88. The second-order valence-corrected chi connectivity index (χ2v) is 3.15. The predicted octanol–water partition coefficient (Wildman–Crippen LogP) is 1.93. The van der Waals surface area contributed by atoms with Crippen LogP contribution in [-0.4, -0.2) is 11.7 Å². The van der Waals surface area contributed by atoms with Crippen LogP contribution in [0.1, 0.15) is 11.5 Å². The summed E-state index contributed by atoms with van der Waals surface area (Å²) in [7, 11) is 0. The summed E-state index contributed by atoms with van der Waals surface area (Å²) in [6.45, 7) is 0.808. The zero-order chi connectivity index (χ0) is 8.39. The maximum absolute atomic E-state index is 5.90. The first-order valence-corrected chi connectivity index (χ1v) is 4.26. The van der Waals surface area contributed by atoms with E-state index in [1.54, 1.807) is 0 Å². The van der Waals surface area contributed by atoms with Gasteiger partial charge in [-0.1, -0.05) is 41.9 Å². The lowest BCUT2D eigenvalue weighted by molar-refractivity contribution is 0.764. The Morgan fingerprint density at radius 2 is 2.08 bits per heavy atom. The van der Waals surface area contributed by atoms with E-state index in [4.69, 9.17) is 11.6 Å². The van der Waals surface area contributed by atoms with Crippen molar-refractivity contribution in [3.8, 4) is 0 Å². The van der Waals surface area contributed by atoms with Gasteiger partial charge < -0.3 is 5.43 Å². The monoisotopic (exact) mass is 180 g/mol. The van der Waals surface area contributed by atoms with Crippen molar-refractivity contribution in [3.05, 3.63) is 35.9 Å². The Bertz CT molecular complexity index is 295. The van der Waals surface area contributed by atoms with Crippen LogP contribution in [0.2, 0.25) is 0 Å². The number of nitrogens with one attached hydrogen (secondary N) is 1. The molecule has 1 N–H and O–H groups in total. The highest BCUT2D eigenvalue weighted by molar-refractivity contribution is 6.66. The molecule has 0 saturated carbocycles. The molecule has 1 aromatic carbocycles. The molecule has 0 saturated heterocycles. The quantitative estimate of drug-likeness (QED) is 0.702. The van der Waals surface area contributed by atoms with E-state index in [2.05, 4.69) is 22.7 Å². The second kappa shape index (κ2) is 3.15. The van der Waals surface area contributed by atoms with E-state index < -0.39 is 0 Å². The second-order valence-electron chi connectivity index (χ2n) is 2.76. The summed E-state index contributed by atoms with van der Waals surface area (Å²) in [5, 5.41) is 4.58. The minimum absolute atomic E-state index is 0.243. The Hall–Kier alpha value is -1.02. The fourth-order valence-corrected chi connectivity index (χ4v) is 1.58. The van der Waals surface area contributed by atoms with Crippen LogP contribution < -0.4 is 5.43 Å². The maximum Gasteiger partial charge on any atom is 0.135 e. The highest BCUT2D eigenvalue weighted by Crippen LogP contribution is 2.21. The molecule has 3 heteroatoms. The van der Waals surface area contributed by atoms with Crippen LogP contribution in [0.3, 0.4) is 0 Å². The molecule has 1 unspecified atom stereocenters. The first-order valence-electron chi connectivity index (χ1n) is 3.89. The van der Waals surface area contributed by atoms with Gasteiger partial charge in [-0.05, 0) is 5.56 Å². The molecule has 0 fully saturated rings. The normalized spacial score (nSPS) is 21.8. The number of hydrogen-bond donors (Lipinski definition) is 1. The van der Waals surface area contributed by atoms with Gasteiger partial charge in [0.15, 0.2) is 0 Å². The van der Waals surface area contributed by atoms with Gasteiger partial charge in [0.1, 0.15) is 5.17 Å². The van der Waals surface area contributed by atoms with Gasteiger partial charge >= 0.3 is 0 Å². The SMILES string of the molecule is ClC1=NNCC1c1ccccc1. The van der Waals surface area contributed by atoms with E-state index in [1.165, 1.54) is 5.56 Å². The average molecular weight is 181 g/mol. The highest BCUT2D eigenvalue weighted by atomic mass is 35.5. The Balaban J connectivity index is 2.27. The van der Waals surface area contributed by atoms with E-state index in [1.807, 2.05) is 18.2 Å². The van der Waals surface area contributed by atoms with Crippen molar-refractivity contribution in [1.82, 2.24) is 5.43 Å². The Labute approximate surface area is 76.2 Å². The Morgan fingerprint density at radius 3 is 2.67 bits per heavy atom. The van der Waals surface area contributed by atoms with E-state index in [0.717, 1.165) is 6.54 Å². The molecule has 1 atom stereocenters. The molecule has 62 valence electrons. The van der Waals surface area contributed by atoms with Gasteiger partial charge in [-0.2, -0.15) is 5.10 Å². The third-order valence-corrected chi connectivity index (χ3v) is 2.32. The molecule has 0 aliphatic carbocycles. The summed E-state index contributed by atoms with van der Waals surface area (Å²) in [4.78, 5) is 0. The molecular weight excluding hydrogens is 172 g/mol. The maximum atomic E-state index is 5.90. The van der Waals surface area contributed by atoms with Crippen LogP contribution >= 0.6 is 11.6 Å². The van der Waals surface area contributed by atoms with Crippen molar-refractivity contribution in [2.75, 3.05) is 6.54 Å². The minimum Gasteiger partial charge on any atom is -0.308 e. The average Bonchev–Trinajstić information content (AvgIpc) is 2.53. The zero-order valence-corrected chi connectivity index (χ0v) is 7.25. The Kier molecular flexibility index (Phi) is 2.00. The summed E-state index contributed by atoms with van der Waals surface area (Å²) < 4.78 is 0. The number of benzene rings is 1. The van der Waals surface area contributed by atoms with E-state index in [-0.39, 0.29) is 5.92 Å². The van der Waals surface area contributed by atoms with Crippen LogP contribution in [0.25, 0.3) is 0 Å². The molecule has 1 aromatic rings. The van der Waals surface area contributed by atoms with Gasteiger partial charge in [-0.25, -0.2) is 0 Å². The molecule has 1 aliphatic rings. The van der Waals surface area contributed by atoms with E-state index in [9.17, 15) is 0 Å². The number of nitrogens with zero attached hydrogens (tertiary/aromatic N) is 1. The number of rotatable bonds is 1. The van der Waals surface area contributed by atoms with Crippen LogP contribution in [0, 0.1) is 0 Å². The lowest BCUT2D eigenvalue weighted by atomic mass is 10.0. The van der Waals surface area contributed by atoms with Crippen LogP contribution in [0.5, 0.6) is 0 Å². The van der Waals surface area contributed by atoms with Crippen molar-refractivity contribution >= 4 is 16.8 Å². The molecule has 0 spiro atoms. The van der Waals surface area contributed by atoms with Crippen LogP contribution in [0.4, 0.5) is 0 Å². The molecule has 2 nitrogen and oxygen atoms in total. The van der Waals surface area contributed by atoms with E-state index >= 15 is 0 Å². The number of halogens is 1. The standard InChI is InChI=1S/C9H9ClN2/c10-9-8(6-11-12-9)7-4-2-1-3-5-7/h1-5,8,11H,6H2. The minimum atomic E-state index is 0.243. The first kappa shape index (κ1) is 7.62.